The molecule has 0 bridgehead atoms. The molecule has 1 fully saturated rings. The Morgan fingerprint density at radius 1 is 1.04 bits per heavy atom. The second kappa shape index (κ2) is 8.07. The maximum atomic E-state index is 12.8. The van der Waals surface area contributed by atoms with Crippen molar-refractivity contribution in [2.45, 2.75) is 31.0 Å². The molecule has 0 heterocycles. The first-order valence-corrected chi connectivity index (χ1v) is 7.74. The zero-order chi connectivity index (χ0) is 17.2. The van der Waals surface area contributed by atoms with Crippen molar-refractivity contribution in [2.24, 2.45) is 10.7 Å². The summed E-state index contributed by atoms with van der Waals surface area (Å²) in [4.78, 5) is 4.39. The van der Waals surface area contributed by atoms with E-state index < -0.39 is 11.7 Å². The van der Waals surface area contributed by atoms with Crippen LogP contribution in [0.25, 0.3) is 0 Å². The van der Waals surface area contributed by atoms with Crippen molar-refractivity contribution in [1.29, 1.82) is 0 Å². The van der Waals surface area contributed by atoms with E-state index in [2.05, 4.69) is 10.3 Å². The Bertz CT molecular complexity index is 726. The van der Waals surface area contributed by atoms with E-state index in [4.69, 9.17) is 5.73 Å². The summed E-state index contributed by atoms with van der Waals surface area (Å²) in [5.74, 6) is 0.430. The minimum Gasteiger partial charge on any atom is -0.370 e. The Kier molecular flexibility index (Phi) is 6.31. The van der Waals surface area contributed by atoms with Crippen LogP contribution < -0.4 is 11.1 Å². The van der Waals surface area contributed by atoms with Gasteiger partial charge in [0.15, 0.2) is 5.96 Å². The van der Waals surface area contributed by atoms with Crippen LogP contribution in [0.15, 0.2) is 59.6 Å². The standard InChI is InChI=1S/C18H18F3N3.HI/c19-18(20,21)14-6-4-5-12(9-14)13-10-16(11-13)24-17(22)23-15-7-2-1-3-8-15;/h1-9,13,16H,10-11H2,(H3,22,23,24);1H. The van der Waals surface area contributed by atoms with Gasteiger partial charge in [-0.3, -0.25) is 0 Å². The molecule has 0 aliphatic heterocycles. The van der Waals surface area contributed by atoms with E-state index in [0.29, 0.717) is 24.4 Å². The highest BCUT2D eigenvalue weighted by molar-refractivity contribution is 14.0. The first-order valence-electron chi connectivity index (χ1n) is 7.74. The van der Waals surface area contributed by atoms with Crippen LogP contribution in [0.4, 0.5) is 18.9 Å². The molecule has 0 unspecified atom stereocenters. The van der Waals surface area contributed by atoms with Gasteiger partial charge in [-0.1, -0.05) is 36.4 Å². The van der Waals surface area contributed by atoms with Crippen LogP contribution in [-0.2, 0) is 6.18 Å². The largest absolute Gasteiger partial charge is 0.416 e. The number of nitrogens with zero attached hydrogens (tertiary/aromatic N) is 1. The maximum absolute atomic E-state index is 12.8. The molecule has 134 valence electrons. The van der Waals surface area contributed by atoms with E-state index >= 15 is 0 Å². The average molecular weight is 461 g/mol. The smallest absolute Gasteiger partial charge is 0.370 e. The Morgan fingerprint density at radius 3 is 2.36 bits per heavy atom. The summed E-state index contributed by atoms with van der Waals surface area (Å²) in [6.07, 6.45) is -2.89. The van der Waals surface area contributed by atoms with Crippen molar-refractivity contribution in [2.75, 3.05) is 5.32 Å². The van der Waals surface area contributed by atoms with Crippen molar-refractivity contribution in [3.05, 3.63) is 65.7 Å². The first-order chi connectivity index (χ1) is 11.4. The number of aliphatic imine (C=N–C) groups is 1. The van der Waals surface area contributed by atoms with Gasteiger partial charge in [-0.05, 0) is 42.5 Å². The molecular weight excluding hydrogens is 442 g/mol. The maximum Gasteiger partial charge on any atom is 0.416 e. The molecule has 25 heavy (non-hydrogen) atoms. The fraction of sp³-hybridized carbons (Fsp3) is 0.278. The molecule has 1 aliphatic carbocycles. The summed E-state index contributed by atoms with van der Waals surface area (Å²) < 4.78 is 38.3. The third-order valence-corrected chi connectivity index (χ3v) is 4.17. The number of hydrogen-bond donors (Lipinski definition) is 2. The Balaban J connectivity index is 0.00000225. The monoisotopic (exact) mass is 461 g/mol. The number of nitrogens with one attached hydrogen (secondary N) is 1. The van der Waals surface area contributed by atoms with Crippen molar-refractivity contribution >= 4 is 35.6 Å². The van der Waals surface area contributed by atoms with E-state index in [1.165, 1.54) is 12.1 Å². The third-order valence-electron chi connectivity index (χ3n) is 4.17. The quantitative estimate of drug-likeness (QED) is 0.384. The van der Waals surface area contributed by atoms with Gasteiger partial charge in [0.2, 0.25) is 0 Å². The summed E-state index contributed by atoms with van der Waals surface area (Å²) in [7, 11) is 0. The number of guanidine groups is 1. The minimum absolute atomic E-state index is 0. The highest BCUT2D eigenvalue weighted by atomic mass is 127. The van der Waals surface area contributed by atoms with Crippen LogP contribution in [0.1, 0.15) is 29.9 Å². The molecule has 2 aromatic carbocycles. The van der Waals surface area contributed by atoms with E-state index in [0.717, 1.165) is 11.8 Å². The minimum atomic E-state index is -4.30. The van der Waals surface area contributed by atoms with Gasteiger partial charge >= 0.3 is 6.18 Å². The lowest BCUT2D eigenvalue weighted by Gasteiger charge is -2.33. The number of alkyl halides is 3. The Morgan fingerprint density at radius 2 is 1.72 bits per heavy atom. The number of halogens is 4. The molecule has 0 amide bonds. The molecule has 0 atom stereocenters. The van der Waals surface area contributed by atoms with E-state index in [-0.39, 0.29) is 35.9 Å². The number of benzene rings is 2. The van der Waals surface area contributed by atoms with Crippen LogP contribution in [-0.4, -0.2) is 12.0 Å². The van der Waals surface area contributed by atoms with Gasteiger partial charge in [-0.2, -0.15) is 13.2 Å². The fourth-order valence-electron chi connectivity index (χ4n) is 2.83. The SMILES string of the molecule is I.NC(=NC1CC(c2cccc(C(F)(F)F)c2)C1)Nc1ccccc1. The van der Waals surface area contributed by atoms with E-state index in [1.807, 2.05) is 30.3 Å². The van der Waals surface area contributed by atoms with Crippen LogP contribution in [0.2, 0.25) is 0 Å². The van der Waals surface area contributed by atoms with Crippen LogP contribution in [0.5, 0.6) is 0 Å². The van der Waals surface area contributed by atoms with Crippen LogP contribution >= 0.6 is 24.0 Å². The number of para-hydroxylation sites is 1. The summed E-state index contributed by atoms with van der Waals surface area (Å²) in [5, 5.41) is 3.00. The summed E-state index contributed by atoms with van der Waals surface area (Å²) >= 11 is 0. The third kappa shape index (κ3) is 5.10. The average Bonchev–Trinajstić information content (AvgIpc) is 2.51. The predicted molar refractivity (Wildman–Crippen MR) is 104 cm³/mol. The predicted octanol–water partition coefficient (Wildman–Crippen LogP) is 5.00. The lowest BCUT2D eigenvalue weighted by atomic mass is 9.76. The topological polar surface area (TPSA) is 50.4 Å². The van der Waals surface area contributed by atoms with E-state index in [9.17, 15) is 13.2 Å². The molecule has 1 aliphatic rings. The lowest BCUT2D eigenvalue weighted by Crippen LogP contribution is -2.31. The first kappa shape index (κ1) is 19.6. The fourth-order valence-corrected chi connectivity index (χ4v) is 2.83. The second-order valence-electron chi connectivity index (χ2n) is 5.95. The normalized spacial score (nSPS) is 20.4. The molecule has 1 saturated carbocycles. The van der Waals surface area contributed by atoms with Gasteiger partial charge < -0.3 is 11.1 Å². The molecule has 0 aromatic heterocycles. The van der Waals surface area contributed by atoms with Crippen molar-refractivity contribution in [3.8, 4) is 0 Å². The molecule has 0 spiro atoms. The van der Waals surface area contributed by atoms with Gasteiger partial charge in [0, 0.05) is 5.69 Å². The van der Waals surface area contributed by atoms with Gasteiger partial charge in [0.05, 0.1) is 11.6 Å². The molecule has 3 nitrogen and oxygen atoms in total. The zero-order valence-corrected chi connectivity index (χ0v) is 15.7. The number of hydrogen-bond acceptors (Lipinski definition) is 1. The number of nitrogens with two attached hydrogens (primary N) is 1. The Labute approximate surface area is 161 Å². The van der Waals surface area contributed by atoms with Gasteiger partial charge in [0.1, 0.15) is 0 Å². The number of anilines is 1. The van der Waals surface area contributed by atoms with E-state index in [1.54, 1.807) is 6.07 Å². The molecule has 2 aromatic rings. The van der Waals surface area contributed by atoms with Gasteiger partial charge in [0.25, 0.3) is 0 Å². The second-order valence-corrected chi connectivity index (χ2v) is 5.95. The van der Waals surface area contributed by atoms with Gasteiger partial charge in [-0.15, -0.1) is 24.0 Å². The number of rotatable bonds is 3. The highest BCUT2D eigenvalue weighted by Crippen LogP contribution is 2.40. The molecule has 0 saturated heterocycles. The summed E-state index contributed by atoms with van der Waals surface area (Å²) in [6.45, 7) is 0. The summed E-state index contributed by atoms with van der Waals surface area (Å²) in [5.41, 5.74) is 6.84. The van der Waals surface area contributed by atoms with Crippen molar-refractivity contribution < 1.29 is 13.2 Å². The van der Waals surface area contributed by atoms with Crippen molar-refractivity contribution in [1.82, 2.24) is 0 Å². The lowest BCUT2D eigenvalue weighted by molar-refractivity contribution is -0.137. The van der Waals surface area contributed by atoms with Gasteiger partial charge in [-0.25, -0.2) is 4.99 Å². The Hall–Kier alpha value is -1.77. The molecule has 0 radical (unpaired) electrons. The van der Waals surface area contributed by atoms with Crippen LogP contribution in [0, 0.1) is 0 Å². The zero-order valence-electron chi connectivity index (χ0n) is 13.3. The molecule has 3 N–H and O–H groups in total. The molecule has 3 rings (SSSR count). The van der Waals surface area contributed by atoms with Crippen LogP contribution in [0.3, 0.4) is 0 Å². The highest BCUT2D eigenvalue weighted by Gasteiger charge is 2.34. The molecule has 7 heteroatoms. The molecular formula is C18H19F3IN3. The van der Waals surface area contributed by atoms with Crippen molar-refractivity contribution in [3.63, 3.8) is 0 Å². The summed E-state index contributed by atoms with van der Waals surface area (Å²) in [6, 6.07) is 15.0.